The van der Waals surface area contributed by atoms with Gasteiger partial charge in [-0.25, -0.2) is 9.97 Å². The fourth-order valence-electron chi connectivity index (χ4n) is 3.81. The highest BCUT2D eigenvalue weighted by atomic mass is 32.2. The molecule has 0 saturated carbocycles. The fourth-order valence-corrected chi connectivity index (χ4v) is 5.03. The number of imidazole rings is 1. The van der Waals surface area contributed by atoms with Gasteiger partial charge < -0.3 is 9.47 Å². The second kappa shape index (κ2) is 6.20. The normalized spacial score (nSPS) is 26.2. The molecule has 4 rings (SSSR count). The fraction of sp³-hybridized carbons (Fsp3) is 0.647. The molecule has 0 amide bonds. The Kier molecular flexibility index (Phi) is 4.09. The van der Waals surface area contributed by atoms with Crippen LogP contribution in [0.25, 0.3) is 11.2 Å². The zero-order chi connectivity index (χ0) is 14.9. The molecule has 22 heavy (non-hydrogen) atoms. The first-order chi connectivity index (χ1) is 10.8. The molecule has 2 unspecified atom stereocenters. The van der Waals surface area contributed by atoms with Crippen LogP contribution in [0.3, 0.4) is 0 Å². The second-order valence-corrected chi connectivity index (χ2v) is 7.69. The predicted octanol–water partition coefficient (Wildman–Crippen LogP) is 2.99. The third-order valence-corrected chi connectivity index (χ3v) is 6.25. The zero-order valence-corrected chi connectivity index (χ0v) is 14.1. The standard InChI is InChI=1S/C17H24N4S/c1-2-20-8-5-13(10-20)11-21-16(14-6-9-22-12-14)19-15-4-3-7-18-17(15)21/h3-4,7,13-14H,2,5-6,8-12H2,1H3. The number of aromatic nitrogens is 3. The molecule has 0 spiro atoms. The van der Waals surface area contributed by atoms with Crippen LogP contribution in [0.2, 0.25) is 0 Å². The molecular formula is C17H24N4S. The van der Waals surface area contributed by atoms with Crippen molar-refractivity contribution in [3.05, 3.63) is 24.2 Å². The van der Waals surface area contributed by atoms with Gasteiger partial charge in [0, 0.05) is 31.0 Å². The van der Waals surface area contributed by atoms with E-state index in [9.17, 15) is 0 Å². The lowest BCUT2D eigenvalue weighted by molar-refractivity contribution is 0.332. The highest BCUT2D eigenvalue weighted by Gasteiger charge is 2.28. The van der Waals surface area contributed by atoms with Crippen LogP contribution in [0.4, 0.5) is 0 Å². The van der Waals surface area contributed by atoms with Crippen molar-refractivity contribution >= 4 is 22.9 Å². The Bertz CT molecular complexity index is 647. The number of hydrogen-bond donors (Lipinski definition) is 0. The maximum Gasteiger partial charge on any atom is 0.160 e. The second-order valence-electron chi connectivity index (χ2n) is 6.54. The molecule has 2 aliphatic heterocycles. The SMILES string of the molecule is CCN1CCC(Cn2c(C3CCSC3)nc3cccnc32)C1. The van der Waals surface area contributed by atoms with Crippen molar-refractivity contribution in [2.24, 2.45) is 5.92 Å². The topological polar surface area (TPSA) is 34.0 Å². The van der Waals surface area contributed by atoms with Crippen LogP contribution in [0, 0.1) is 5.92 Å². The highest BCUT2D eigenvalue weighted by molar-refractivity contribution is 7.99. The summed E-state index contributed by atoms with van der Waals surface area (Å²) in [6.07, 6.45) is 4.47. The third kappa shape index (κ3) is 2.65. The summed E-state index contributed by atoms with van der Waals surface area (Å²) in [7, 11) is 0. The molecule has 118 valence electrons. The Morgan fingerprint density at radius 2 is 2.32 bits per heavy atom. The van der Waals surface area contributed by atoms with Crippen molar-refractivity contribution < 1.29 is 0 Å². The monoisotopic (exact) mass is 316 g/mol. The first-order valence-electron chi connectivity index (χ1n) is 8.46. The summed E-state index contributed by atoms with van der Waals surface area (Å²) in [6, 6.07) is 4.11. The van der Waals surface area contributed by atoms with Crippen LogP contribution in [-0.4, -0.2) is 50.6 Å². The first kappa shape index (κ1) is 14.5. The number of hydrogen-bond acceptors (Lipinski definition) is 4. The number of fused-ring (bicyclic) bond motifs is 1. The summed E-state index contributed by atoms with van der Waals surface area (Å²) >= 11 is 2.06. The molecule has 0 radical (unpaired) electrons. The molecule has 5 heteroatoms. The summed E-state index contributed by atoms with van der Waals surface area (Å²) in [5, 5.41) is 0. The molecule has 2 aromatic heterocycles. The molecule has 2 atom stereocenters. The van der Waals surface area contributed by atoms with Crippen LogP contribution in [0.1, 0.15) is 31.5 Å². The maximum absolute atomic E-state index is 4.95. The van der Waals surface area contributed by atoms with E-state index in [1.807, 2.05) is 12.3 Å². The maximum atomic E-state index is 4.95. The molecule has 4 heterocycles. The number of pyridine rings is 1. The zero-order valence-electron chi connectivity index (χ0n) is 13.2. The van der Waals surface area contributed by atoms with E-state index in [0.29, 0.717) is 5.92 Å². The molecule has 0 aromatic carbocycles. The molecule has 2 aliphatic rings. The molecular weight excluding hydrogens is 292 g/mol. The lowest BCUT2D eigenvalue weighted by atomic mass is 10.1. The van der Waals surface area contributed by atoms with Gasteiger partial charge in [-0.05, 0) is 49.7 Å². The van der Waals surface area contributed by atoms with E-state index in [-0.39, 0.29) is 0 Å². The van der Waals surface area contributed by atoms with E-state index in [0.717, 1.165) is 23.6 Å². The van der Waals surface area contributed by atoms with Crippen LogP contribution in [-0.2, 0) is 6.54 Å². The van der Waals surface area contributed by atoms with Gasteiger partial charge in [0.1, 0.15) is 11.3 Å². The molecule has 2 saturated heterocycles. The number of thioether (sulfide) groups is 1. The van der Waals surface area contributed by atoms with Crippen LogP contribution in [0.15, 0.2) is 18.3 Å². The average molecular weight is 316 g/mol. The Morgan fingerprint density at radius 3 is 3.09 bits per heavy atom. The van der Waals surface area contributed by atoms with Gasteiger partial charge >= 0.3 is 0 Å². The van der Waals surface area contributed by atoms with E-state index >= 15 is 0 Å². The lowest BCUT2D eigenvalue weighted by Crippen LogP contribution is -2.22. The van der Waals surface area contributed by atoms with E-state index in [4.69, 9.17) is 4.98 Å². The van der Waals surface area contributed by atoms with Crippen molar-refractivity contribution in [1.82, 2.24) is 19.4 Å². The van der Waals surface area contributed by atoms with E-state index < -0.39 is 0 Å². The first-order valence-corrected chi connectivity index (χ1v) is 9.62. The van der Waals surface area contributed by atoms with E-state index in [1.165, 1.54) is 49.8 Å². The van der Waals surface area contributed by atoms with Crippen LogP contribution >= 0.6 is 11.8 Å². The summed E-state index contributed by atoms with van der Waals surface area (Å²) in [4.78, 5) is 12.1. The van der Waals surface area contributed by atoms with Gasteiger partial charge in [0.15, 0.2) is 5.65 Å². The van der Waals surface area contributed by atoms with Crippen LogP contribution < -0.4 is 0 Å². The quantitative estimate of drug-likeness (QED) is 0.868. The molecule has 2 fully saturated rings. The Morgan fingerprint density at radius 1 is 1.36 bits per heavy atom. The minimum Gasteiger partial charge on any atom is -0.312 e. The summed E-state index contributed by atoms with van der Waals surface area (Å²) in [5.41, 5.74) is 2.16. The van der Waals surface area contributed by atoms with Crippen molar-refractivity contribution in [3.63, 3.8) is 0 Å². The van der Waals surface area contributed by atoms with Crippen molar-refractivity contribution in [1.29, 1.82) is 0 Å². The summed E-state index contributed by atoms with van der Waals surface area (Å²) < 4.78 is 2.44. The van der Waals surface area contributed by atoms with Crippen molar-refractivity contribution in [3.8, 4) is 0 Å². The molecule has 0 N–H and O–H groups in total. The highest BCUT2D eigenvalue weighted by Crippen LogP contribution is 2.34. The lowest BCUT2D eigenvalue weighted by Gasteiger charge is -2.17. The summed E-state index contributed by atoms with van der Waals surface area (Å²) in [5.74, 6) is 5.13. The molecule has 0 aliphatic carbocycles. The van der Waals surface area contributed by atoms with Gasteiger partial charge in [-0.1, -0.05) is 6.92 Å². The van der Waals surface area contributed by atoms with Gasteiger partial charge in [-0.2, -0.15) is 11.8 Å². The number of rotatable bonds is 4. The van der Waals surface area contributed by atoms with Gasteiger partial charge in [0.05, 0.1) is 0 Å². The molecule has 4 nitrogen and oxygen atoms in total. The molecule has 2 aromatic rings. The van der Waals surface area contributed by atoms with E-state index in [2.05, 4.69) is 39.2 Å². The number of nitrogens with zero attached hydrogens (tertiary/aromatic N) is 4. The molecule has 0 bridgehead atoms. The van der Waals surface area contributed by atoms with Gasteiger partial charge in [-0.15, -0.1) is 0 Å². The number of likely N-dealkylation sites (tertiary alicyclic amines) is 1. The minimum atomic E-state index is 0.614. The summed E-state index contributed by atoms with van der Waals surface area (Å²) in [6.45, 7) is 6.99. The Hall–Kier alpha value is -1.07. The van der Waals surface area contributed by atoms with Gasteiger partial charge in [0.2, 0.25) is 0 Å². The van der Waals surface area contributed by atoms with Crippen molar-refractivity contribution in [2.75, 3.05) is 31.1 Å². The predicted molar refractivity (Wildman–Crippen MR) is 92.4 cm³/mol. The van der Waals surface area contributed by atoms with Gasteiger partial charge in [-0.3, -0.25) is 0 Å². The Labute approximate surface area is 136 Å². The van der Waals surface area contributed by atoms with E-state index in [1.54, 1.807) is 0 Å². The third-order valence-electron chi connectivity index (χ3n) is 5.09. The Balaban J connectivity index is 1.66. The van der Waals surface area contributed by atoms with Crippen LogP contribution in [0.5, 0.6) is 0 Å². The van der Waals surface area contributed by atoms with Gasteiger partial charge in [0.25, 0.3) is 0 Å². The minimum absolute atomic E-state index is 0.614. The average Bonchev–Trinajstić information content (AvgIpc) is 3.27. The smallest absolute Gasteiger partial charge is 0.160 e. The van der Waals surface area contributed by atoms with Crippen molar-refractivity contribution in [2.45, 2.75) is 32.2 Å². The largest absolute Gasteiger partial charge is 0.312 e.